The molecule has 0 saturated carbocycles. The SMILES string of the molecule is CC(C)Cc1cc(Oc2cccc(Oc3ccccn3)c2)cc2c1c1c(CC(C)C)cc(Oc3cccc(Oc4ccccn4)c3)cc1n2-c1ncccn1. The Labute approximate surface area is 320 Å². The third kappa shape index (κ3) is 8.11. The molecule has 0 spiro atoms. The maximum atomic E-state index is 6.63. The molecule has 8 aromatic rings. The molecule has 274 valence electrons. The van der Waals surface area contributed by atoms with Gasteiger partial charge in [0.2, 0.25) is 17.7 Å². The van der Waals surface area contributed by atoms with E-state index in [9.17, 15) is 0 Å². The van der Waals surface area contributed by atoms with Crippen LogP contribution in [0.25, 0.3) is 27.8 Å². The third-order valence-electron chi connectivity index (χ3n) is 8.89. The lowest BCUT2D eigenvalue weighted by Crippen LogP contribution is -2.01. The van der Waals surface area contributed by atoms with E-state index in [0.717, 1.165) is 34.6 Å². The fourth-order valence-corrected chi connectivity index (χ4v) is 6.85. The molecule has 0 N–H and O–H groups in total. The van der Waals surface area contributed by atoms with Gasteiger partial charge in [0.25, 0.3) is 0 Å². The Morgan fingerprint density at radius 1 is 0.436 bits per heavy atom. The van der Waals surface area contributed by atoms with Crippen LogP contribution in [0.3, 0.4) is 0 Å². The van der Waals surface area contributed by atoms with Crippen LogP contribution in [0.4, 0.5) is 0 Å². The van der Waals surface area contributed by atoms with Crippen molar-refractivity contribution in [2.24, 2.45) is 11.8 Å². The molecule has 0 amide bonds. The lowest BCUT2D eigenvalue weighted by molar-refractivity contribution is 0.448. The van der Waals surface area contributed by atoms with E-state index < -0.39 is 0 Å². The maximum Gasteiger partial charge on any atom is 0.234 e. The summed E-state index contributed by atoms with van der Waals surface area (Å²) < 4.78 is 27.4. The van der Waals surface area contributed by atoms with Crippen LogP contribution in [-0.4, -0.2) is 24.5 Å². The molecular formula is C46H41N5O4. The van der Waals surface area contributed by atoms with Crippen molar-refractivity contribution in [3.05, 3.63) is 151 Å². The Balaban J connectivity index is 1.27. The number of aromatic nitrogens is 5. The first-order chi connectivity index (χ1) is 26.9. The molecular weight excluding hydrogens is 687 g/mol. The molecule has 4 aromatic heterocycles. The van der Waals surface area contributed by atoms with Crippen LogP contribution in [0.5, 0.6) is 46.3 Å². The summed E-state index contributed by atoms with van der Waals surface area (Å²) in [6.45, 7) is 8.96. The standard InChI is InChI=1S/C46H41N5O4/c1-30(2)22-32-24-38(52-34-12-9-14-36(26-34)54-42-16-5-7-18-47-42)28-40-44(32)45-33(23-31(3)4)25-39(29-41(45)51(40)46-49-20-11-21-50-46)53-35-13-10-15-37(27-35)55-43-17-6-8-19-48-43/h5-21,24-31H,22-23H2,1-4H3. The van der Waals surface area contributed by atoms with Crippen LogP contribution in [0.15, 0.2) is 140 Å². The fraction of sp³-hybridized carbons (Fsp3) is 0.174. The highest BCUT2D eigenvalue weighted by Gasteiger charge is 2.23. The molecule has 0 fully saturated rings. The zero-order valence-corrected chi connectivity index (χ0v) is 31.2. The number of benzene rings is 4. The number of fused-ring (bicyclic) bond motifs is 3. The minimum absolute atomic E-state index is 0.386. The molecule has 4 heterocycles. The average molecular weight is 728 g/mol. The van der Waals surface area contributed by atoms with E-state index in [1.807, 2.05) is 91.0 Å². The molecule has 55 heavy (non-hydrogen) atoms. The van der Waals surface area contributed by atoms with E-state index in [-0.39, 0.29) is 0 Å². The van der Waals surface area contributed by atoms with Crippen molar-refractivity contribution in [2.45, 2.75) is 40.5 Å². The third-order valence-corrected chi connectivity index (χ3v) is 8.89. The van der Waals surface area contributed by atoms with Gasteiger partial charge in [0, 0.05) is 72.0 Å². The summed E-state index contributed by atoms with van der Waals surface area (Å²) >= 11 is 0. The number of hydrogen-bond acceptors (Lipinski definition) is 8. The average Bonchev–Trinajstić information content (AvgIpc) is 3.50. The summed E-state index contributed by atoms with van der Waals surface area (Å²) in [5, 5.41) is 2.31. The zero-order valence-electron chi connectivity index (χ0n) is 31.2. The lowest BCUT2D eigenvalue weighted by Gasteiger charge is -2.15. The van der Waals surface area contributed by atoms with Crippen molar-refractivity contribution in [2.75, 3.05) is 0 Å². The van der Waals surface area contributed by atoms with Crippen molar-refractivity contribution in [1.29, 1.82) is 0 Å². The monoisotopic (exact) mass is 727 g/mol. The molecule has 0 radical (unpaired) electrons. The molecule has 0 atom stereocenters. The Kier molecular flexibility index (Phi) is 10.1. The molecule has 0 aliphatic heterocycles. The second kappa shape index (κ2) is 15.7. The highest BCUT2D eigenvalue weighted by Crippen LogP contribution is 2.43. The van der Waals surface area contributed by atoms with Gasteiger partial charge in [-0.15, -0.1) is 0 Å². The van der Waals surface area contributed by atoms with Gasteiger partial charge in [-0.05, 0) is 90.4 Å². The fourth-order valence-electron chi connectivity index (χ4n) is 6.85. The molecule has 9 heteroatoms. The summed E-state index contributed by atoms with van der Waals surface area (Å²) in [7, 11) is 0. The first-order valence-electron chi connectivity index (χ1n) is 18.5. The number of pyridine rings is 2. The summed E-state index contributed by atoms with van der Waals surface area (Å²) in [4.78, 5) is 18.1. The summed E-state index contributed by atoms with van der Waals surface area (Å²) in [5.41, 5.74) is 4.26. The minimum atomic E-state index is 0.386. The van der Waals surface area contributed by atoms with Crippen molar-refractivity contribution in [1.82, 2.24) is 24.5 Å². The molecule has 0 bridgehead atoms. The highest BCUT2D eigenvalue weighted by molar-refractivity contribution is 6.13. The first-order valence-corrected chi connectivity index (χ1v) is 18.5. The number of nitrogens with zero attached hydrogens (tertiary/aromatic N) is 5. The second-order valence-corrected chi connectivity index (χ2v) is 14.2. The topological polar surface area (TPSA) is 93.4 Å². The zero-order chi connectivity index (χ0) is 37.7. The van der Waals surface area contributed by atoms with E-state index in [1.54, 1.807) is 24.8 Å². The molecule has 9 nitrogen and oxygen atoms in total. The van der Waals surface area contributed by atoms with Crippen molar-refractivity contribution in [3.63, 3.8) is 0 Å². The van der Waals surface area contributed by atoms with Crippen LogP contribution in [0.1, 0.15) is 38.8 Å². The van der Waals surface area contributed by atoms with Gasteiger partial charge in [-0.2, -0.15) is 0 Å². The first kappa shape index (κ1) is 35.3. The number of rotatable bonds is 13. The van der Waals surface area contributed by atoms with Gasteiger partial charge in [-0.1, -0.05) is 52.0 Å². The van der Waals surface area contributed by atoms with Crippen LogP contribution in [-0.2, 0) is 12.8 Å². The lowest BCUT2D eigenvalue weighted by atomic mass is 9.93. The molecule has 0 aliphatic rings. The van der Waals surface area contributed by atoms with Gasteiger partial charge in [0.15, 0.2) is 0 Å². The quantitative estimate of drug-likeness (QED) is 0.116. The van der Waals surface area contributed by atoms with Crippen molar-refractivity contribution >= 4 is 21.8 Å². The summed E-state index contributed by atoms with van der Waals surface area (Å²) in [6, 6.07) is 36.7. The number of ether oxygens (including phenoxy) is 4. The molecule has 0 unspecified atom stereocenters. The highest BCUT2D eigenvalue weighted by atomic mass is 16.5. The van der Waals surface area contributed by atoms with E-state index >= 15 is 0 Å². The predicted molar refractivity (Wildman–Crippen MR) is 215 cm³/mol. The molecule has 0 saturated heterocycles. The van der Waals surface area contributed by atoms with Crippen LogP contribution in [0.2, 0.25) is 0 Å². The van der Waals surface area contributed by atoms with Crippen LogP contribution in [0, 0.1) is 11.8 Å². The van der Waals surface area contributed by atoms with Crippen LogP contribution < -0.4 is 18.9 Å². The van der Waals surface area contributed by atoms with Crippen LogP contribution >= 0.6 is 0 Å². The Bertz CT molecular complexity index is 2400. The van der Waals surface area contributed by atoms with E-state index in [2.05, 4.69) is 66.5 Å². The van der Waals surface area contributed by atoms with E-state index in [1.165, 1.54) is 11.1 Å². The van der Waals surface area contributed by atoms with Crippen molar-refractivity contribution < 1.29 is 18.9 Å². The Hall–Kier alpha value is -6.74. The molecule has 4 aromatic carbocycles. The summed E-state index contributed by atoms with van der Waals surface area (Å²) in [6.07, 6.45) is 8.63. The minimum Gasteiger partial charge on any atom is -0.457 e. The van der Waals surface area contributed by atoms with Crippen molar-refractivity contribution in [3.8, 4) is 52.2 Å². The largest absolute Gasteiger partial charge is 0.457 e. The maximum absolute atomic E-state index is 6.63. The van der Waals surface area contributed by atoms with Gasteiger partial charge in [0.1, 0.15) is 34.5 Å². The number of hydrogen-bond donors (Lipinski definition) is 0. The van der Waals surface area contributed by atoms with Gasteiger partial charge in [0.05, 0.1) is 11.0 Å². The van der Waals surface area contributed by atoms with Gasteiger partial charge in [-0.3, -0.25) is 4.57 Å². The molecule has 0 aliphatic carbocycles. The van der Waals surface area contributed by atoms with Gasteiger partial charge in [-0.25, -0.2) is 19.9 Å². The van der Waals surface area contributed by atoms with Gasteiger partial charge < -0.3 is 18.9 Å². The molecule has 8 rings (SSSR count). The van der Waals surface area contributed by atoms with Gasteiger partial charge >= 0.3 is 0 Å². The summed E-state index contributed by atoms with van der Waals surface area (Å²) in [5.74, 6) is 6.30. The second-order valence-electron chi connectivity index (χ2n) is 14.2. The predicted octanol–water partition coefficient (Wildman–Crippen LogP) is 11.9. The normalized spacial score (nSPS) is 11.4. The van der Waals surface area contributed by atoms with E-state index in [0.29, 0.717) is 64.0 Å². The smallest absolute Gasteiger partial charge is 0.234 e. The Morgan fingerprint density at radius 3 is 1.29 bits per heavy atom. The van der Waals surface area contributed by atoms with E-state index in [4.69, 9.17) is 28.9 Å². The Morgan fingerprint density at radius 2 is 0.873 bits per heavy atom.